The Morgan fingerprint density at radius 1 is 0.828 bits per heavy atom. The van der Waals surface area contributed by atoms with Crippen LogP contribution in [0.15, 0.2) is 78.0 Å². The van der Waals surface area contributed by atoms with E-state index in [1.807, 2.05) is 54.7 Å². The molecule has 29 heavy (non-hydrogen) atoms. The summed E-state index contributed by atoms with van der Waals surface area (Å²) in [6, 6.07) is 21.9. The van der Waals surface area contributed by atoms with E-state index < -0.39 is 0 Å². The number of aromatic nitrogens is 1. The Morgan fingerprint density at radius 3 is 2.45 bits per heavy atom. The van der Waals surface area contributed by atoms with E-state index in [9.17, 15) is 0 Å². The number of nitrogens with zero attached hydrogens (tertiary/aromatic N) is 2. The number of amidine groups is 1. The Balaban J connectivity index is 1.25. The number of rotatable bonds is 9. The summed E-state index contributed by atoms with van der Waals surface area (Å²) >= 11 is 0. The molecule has 2 heterocycles. The Kier molecular flexibility index (Phi) is 6.19. The molecule has 148 valence electrons. The number of nitrogens with one attached hydrogen (secondary N) is 3. The molecule has 0 aliphatic carbocycles. The van der Waals surface area contributed by atoms with Crippen LogP contribution in [0.3, 0.4) is 0 Å². The summed E-state index contributed by atoms with van der Waals surface area (Å²) in [4.78, 5) is 4.51. The zero-order chi connectivity index (χ0) is 19.7. The molecule has 0 spiro atoms. The van der Waals surface area contributed by atoms with Crippen LogP contribution in [0.5, 0.6) is 11.5 Å². The van der Waals surface area contributed by atoms with Gasteiger partial charge in [0.1, 0.15) is 23.9 Å². The molecule has 1 aliphatic rings. The van der Waals surface area contributed by atoms with Gasteiger partial charge in [-0.25, -0.2) is 5.53 Å². The first-order valence-corrected chi connectivity index (χ1v) is 9.55. The second kappa shape index (κ2) is 9.57. The number of benzene rings is 2. The largest absolute Gasteiger partial charge is 0.493 e. The van der Waals surface area contributed by atoms with Gasteiger partial charge >= 0.3 is 0 Å². The van der Waals surface area contributed by atoms with Gasteiger partial charge in [0.05, 0.1) is 12.3 Å². The van der Waals surface area contributed by atoms with Gasteiger partial charge in [0.15, 0.2) is 0 Å². The third kappa shape index (κ3) is 5.46. The molecule has 1 aromatic heterocycles. The molecule has 1 aliphatic heterocycles. The number of hydrogen-bond donors (Lipinski definition) is 3. The summed E-state index contributed by atoms with van der Waals surface area (Å²) in [5.74, 6) is 2.41. The standard InChI is InChI=1S/C22H23N5O2/c1-2-6-17(7-3-1)18-11-12-19(23-15-18)16-29-21-9-4-8-20(14-21)28-13-5-10-22-24-26-27-25-22/h1-4,6-9,11-12,14-15,26-27H,5,10,13,16H2,(H,24,25). The van der Waals surface area contributed by atoms with Crippen molar-refractivity contribution < 1.29 is 9.47 Å². The second-order valence-electron chi connectivity index (χ2n) is 6.54. The fourth-order valence-electron chi connectivity index (χ4n) is 2.89. The summed E-state index contributed by atoms with van der Waals surface area (Å²) in [6.45, 7) is 1.01. The van der Waals surface area contributed by atoms with Crippen molar-refractivity contribution in [3.8, 4) is 22.6 Å². The smallest absolute Gasteiger partial charge is 0.139 e. The first-order valence-electron chi connectivity index (χ1n) is 9.55. The maximum Gasteiger partial charge on any atom is 0.139 e. The zero-order valence-electron chi connectivity index (χ0n) is 16.0. The highest BCUT2D eigenvalue weighted by Crippen LogP contribution is 2.21. The molecule has 7 heteroatoms. The lowest BCUT2D eigenvalue weighted by Crippen LogP contribution is -2.35. The van der Waals surface area contributed by atoms with E-state index in [4.69, 9.17) is 9.47 Å². The van der Waals surface area contributed by atoms with E-state index in [0.717, 1.165) is 47.0 Å². The van der Waals surface area contributed by atoms with Crippen LogP contribution < -0.4 is 26.0 Å². The highest BCUT2D eigenvalue weighted by Gasteiger charge is 2.05. The van der Waals surface area contributed by atoms with Crippen molar-refractivity contribution in [2.45, 2.75) is 19.4 Å². The van der Waals surface area contributed by atoms with Gasteiger partial charge in [-0.3, -0.25) is 10.4 Å². The van der Waals surface area contributed by atoms with E-state index in [1.54, 1.807) is 0 Å². The van der Waals surface area contributed by atoms with Crippen molar-refractivity contribution in [1.29, 1.82) is 0 Å². The minimum Gasteiger partial charge on any atom is -0.493 e. The minimum absolute atomic E-state index is 0.407. The van der Waals surface area contributed by atoms with Gasteiger partial charge in [0, 0.05) is 24.2 Å². The summed E-state index contributed by atoms with van der Waals surface area (Å²) in [5.41, 5.74) is 11.4. The summed E-state index contributed by atoms with van der Waals surface area (Å²) in [6.07, 6.45) is 3.54. The van der Waals surface area contributed by atoms with Gasteiger partial charge < -0.3 is 9.47 Å². The van der Waals surface area contributed by atoms with Gasteiger partial charge in [0.2, 0.25) is 0 Å². The van der Waals surface area contributed by atoms with Gasteiger partial charge in [0.25, 0.3) is 0 Å². The second-order valence-corrected chi connectivity index (χ2v) is 6.54. The molecule has 2 aromatic carbocycles. The molecule has 0 unspecified atom stereocenters. The fraction of sp³-hybridized carbons (Fsp3) is 0.182. The lowest BCUT2D eigenvalue weighted by Gasteiger charge is -2.10. The molecule has 4 rings (SSSR count). The predicted octanol–water partition coefficient (Wildman–Crippen LogP) is 3.41. The van der Waals surface area contributed by atoms with Gasteiger partial charge in [-0.05, 0) is 30.2 Å². The number of ether oxygens (including phenoxy) is 2. The van der Waals surface area contributed by atoms with E-state index >= 15 is 0 Å². The van der Waals surface area contributed by atoms with E-state index in [0.29, 0.717) is 13.2 Å². The average Bonchev–Trinajstić information content (AvgIpc) is 3.30. The van der Waals surface area contributed by atoms with E-state index in [-0.39, 0.29) is 0 Å². The lowest BCUT2D eigenvalue weighted by atomic mass is 10.1. The van der Waals surface area contributed by atoms with Crippen molar-refractivity contribution in [3.05, 3.63) is 78.6 Å². The monoisotopic (exact) mass is 389 g/mol. The number of hydrazine groups is 2. The van der Waals surface area contributed by atoms with Crippen LogP contribution in [0.25, 0.3) is 11.1 Å². The molecule has 0 radical (unpaired) electrons. The summed E-state index contributed by atoms with van der Waals surface area (Å²) in [5, 5.41) is 4.03. The van der Waals surface area contributed by atoms with Crippen LogP contribution in [0.2, 0.25) is 0 Å². The van der Waals surface area contributed by atoms with Crippen molar-refractivity contribution >= 4 is 5.84 Å². The molecule has 0 bridgehead atoms. The van der Waals surface area contributed by atoms with Crippen molar-refractivity contribution in [1.82, 2.24) is 21.5 Å². The Labute approximate surface area is 169 Å². The normalized spacial score (nSPS) is 12.6. The lowest BCUT2D eigenvalue weighted by molar-refractivity contribution is 0.290. The Morgan fingerprint density at radius 2 is 1.69 bits per heavy atom. The topological polar surface area (TPSA) is 79.8 Å². The van der Waals surface area contributed by atoms with Crippen LogP contribution in [0, 0.1) is 0 Å². The van der Waals surface area contributed by atoms with Crippen molar-refractivity contribution in [2.75, 3.05) is 6.61 Å². The first-order chi connectivity index (χ1) is 14.4. The van der Waals surface area contributed by atoms with E-state index in [2.05, 4.69) is 44.8 Å². The third-order valence-corrected chi connectivity index (χ3v) is 4.40. The molecule has 7 nitrogen and oxygen atoms in total. The molecule has 0 amide bonds. The molecule has 3 aromatic rings. The Bertz CT molecular complexity index is 945. The number of hydrazone groups is 1. The molecule has 0 atom stereocenters. The Hall–Kier alpha value is -3.58. The number of hydrogen-bond acceptors (Lipinski definition) is 7. The number of pyridine rings is 1. The predicted molar refractivity (Wildman–Crippen MR) is 112 cm³/mol. The summed E-state index contributed by atoms with van der Waals surface area (Å²) < 4.78 is 11.7. The zero-order valence-corrected chi connectivity index (χ0v) is 16.0. The average molecular weight is 389 g/mol. The highest BCUT2D eigenvalue weighted by atomic mass is 16.5. The minimum atomic E-state index is 0.407. The van der Waals surface area contributed by atoms with Crippen LogP contribution in [0.1, 0.15) is 18.5 Å². The van der Waals surface area contributed by atoms with Crippen LogP contribution in [-0.4, -0.2) is 17.4 Å². The molecule has 0 saturated heterocycles. The molecular weight excluding hydrogens is 366 g/mol. The summed E-state index contributed by atoms with van der Waals surface area (Å²) in [7, 11) is 0. The molecule has 0 saturated carbocycles. The van der Waals surface area contributed by atoms with Gasteiger partial charge in [-0.1, -0.05) is 42.5 Å². The first kappa shape index (κ1) is 18.8. The van der Waals surface area contributed by atoms with Crippen LogP contribution in [0.4, 0.5) is 0 Å². The van der Waals surface area contributed by atoms with Crippen molar-refractivity contribution in [2.24, 2.45) is 5.10 Å². The molecule has 3 N–H and O–H groups in total. The SMILES string of the molecule is c1ccc(-c2ccc(COc3cccc(OCCCC4=NNNN4)c3)nc2)cc1. The van der Waals surface area contributed by atoms with Crippen LogP contribution in [-0.2, 0) is 6.61 Å². The van der Waals surface area contributed by atoms with Gasteiger partial charge in [-0.15, -0.1) is 10.6 Å². The maximum absolute atomic E-state index is 5.88. The van der Waals surface area contributed by atoms with Gasteiger partial charge in [-0.2, -0.15) is 0 Å². The highest BCUT2D eigenvalue weighted by molar-refractivity contribution is 5.82. The van der Waals surface area contributed by atoms with Crippen molar-refractivity contribution in [3.63, 3.8) is 0 Å². The fourth-order valence-corrected chi connectivity index (χ4v) is 2.89. The molecule has 0 fully saturated rings. The maximum atomic E-state index is 5.88. The quantitative estimate of drug-likeness (QED) is 0.487. The van der Waals surface area contributed by atoms with E-state index in [1.165, 1.54) is 0 Å². The van der Waals surface area contributed by atoms with Crippen LogP contribution >= 0.6 is 0 Å². The molecular formula is C22H23N5O2. The third-order valence-electron chi connectivity index (χ3n) is 4.40.